The molecule has 8 nitrogen and oxygen atoms in total. The van der Waals surface area contributed by atoms with Gasteiger partial charge < -0.3 is 28.4 Å². The van der Waals surface area contributed by atoms with E-state index in [0.717, 1.165) is 11.1 Å². The second-order valence-electron chi connectivity index (χ2n) is 6.67. The largest absolute Gasteiger partial charge is 0.509 e. The molecule has 9 heteroatoms. The maximum absolute atomic E-state index is 14.6. The molecule has 1 aliphatic rings. The Bertz CT molecular complexity index is 832. The van der Waals surface area contributed by atoms with Gasteiger partial charge in [-0.25, -0.2) is 14.0 Å². The molecule has 31 heavy (non-hydrogen) atoms. The molecule has 0 bridgehead atoms. The Hall–Kier alpha value is -3.17. The minimum atomic E-state index is -1.79. The predicted molar refractivity (Wildman–Crippen MR) is 105 cm³/mol. The van der Waals surface area contributed by atoms with Crippen molar-refractivity contribution in [3.63, 3.8) is 0 Å². The van der Waals surface area contributed by atoms with Crippen molar-refractivity contribution in [1.29, 1.82) is 0 Å². The first-order chi connectivity index (χ1) is 15.1. The highest BCUT2D eigenvalue weighted by molar-refractivity contribution is 5.61. The van der Waals surface area contributed by atoms with E-state index < -0.39 is 43.6 Å². The summed E-state index contributed by atoms with van der Waals surface area (Å²) in [5, 5.41) is 0. The Labute approximate surface area is 178 Å². The Balaban J connectivity index is 1.48. The molecule has 0 N–H and O–H groups in total. The molecule has 1 aliphatic heterocycles. The summed E-state index contributed by atoms with van der Waals surface area (Å²) in [4.78, 5) is 23.9. The van der Waals surface area contributed by atoms with Gasteiger partial charge in [-0.3, -0.25) is 0 Å². The van der Waals surface area contributed by atoms with Crippen LogP contribution in [0.1, 0.15) is 11.1 Å². The van der Waals surface area contributed by atoms with Crippen LogP contribution in [0.4, 0.5) is 14.0 Å². The number of alkyl halides is 1. The van der Waals surface area contributed by atoms with E-state index in [-0.39, 0.29) is 13.2 Å². The molecule has 1 unspecified atom stereocenters. The van der Waals surface area contributed by atoms with Crippen LogP contribution in [0, 0.1) is 0 Å². The quantitative estimate of drug-likeness (QED) is 0.580. The number of hydrogen-bond acceptors (Lipinski definition) is 8. The second kappa shape index (κ2) is 11.3. The molecule has 1 heterocycles. The van der Waals surface area contributed by atoms with Gasteiger partial charge in [0.1, 0.15) is 25.9 Å². The van der Waals surface area contributed by atoms with Crippen LogP contribution >= 0.6 is 0 Å². The van der Waals surface area contributed by atoms with Crippen LogP contribution in [0.2, 0.25) is 0 Å². The molecule has 0 aliphatic carbocycles. The number of methoxy groups -OCH3 is 1. The summed E-state index contributed by atoms with van der Waals surface area (Å²) in [5.74, 6) is 0. The fourth-order valence-corrected chi connectivity index (χ4v) is 2.92. The van der Waals surface area contributed by atoms with Crippen LogP contribution in [0.5, 0.6) is 0 Å². The van der Waals surface area contributed by atoms with Crippen LogP contribution in [-0.2, 0) is 41.6 Å². The lowest BCUT2D eigenvalue weighted by atomic mass is 10.1. The van der Waals surface area contributed by atoms with Crippen molar-refractivity contribution in [2.75, 3.05) is 13.7 Å². The molecular weight excluding hydrogens is 411 g/mol. The van der Waals surface area contributed by atoms with Gasteiger partial charge in [0.15, 0.2) is 18.6 Å². The number of carbonyl (C=O) groups is 2. The van der Waals surface area contributed by atoms with E-state index in [9.17, 15) is 14.0 Å². The average Bonchev–Trinajstić information content (AvgIpc) is 3.10. The van der Waals surface area contributed by atoms with Gasteiger partial charge in [0.2, 0.25) is 0 Å². The fraction of sp³-hybridized carbons (Fsp3) is 0.364. The van der Waals surface area contributed by atoms with Gasteiger partial charge >= 0.3 is 12.3 Å². The number of ether oxygens (including phenoxy) is 6. The van der Waals surface area contributed by atoms with E-state index in [1.807, 2.05) is 24.3 Å². The number of rotatable bonds is 8. The first-order valence-corrected chi connectivity index (χ1v) is 9.60. The molecule has 0 aromatic heterocycles. The molecule has 166 valence electrons. The summed E-state index contributed by atoms with van der Waals surface area (Å²) in [5.41, 5.74) is 1.52. The van der Waals surface area contributed by atoms with Crippen molar-refractivity contribution in [3.8, 4) is 0 Å². The van der Waals surface area contributed by atoms with E-state index in [0.29, 0.717) is 0 Å². The van der Waals surface area contributed by atoms with Crippen molar-refractivity contribution < 1.29 is 42.4 Å². The molecule has 0 saturated carbocycles. The van der Waals surface area contributed by atoms with E-state index in [1.54, 1.807) is 36.4 Å². The zero-order valence-electron chi connectivity index (χ0n) is 16.8. The number of hydrogen-bond donors (Lipinski definition) is 0. The SMILES string of the molecule is COC1O[C@H](COC(=O)OCc2ccccc2)[C@@H](OC(=O)OCc2ccccc2)[C@@H]1F. The monoisotopic (exact) mass is 434 g/mol. The molecule has 1 saturated heterocycles. The maximum atomic E-state index is 14.6. The summed E-state index contributed by atoms with van der Waals surface area (Å²) in [7, 11) is 1.25. The van der Waals surface area contributed by atoms with Gasteiger partial charge in [0, 0.05) is 7.11 Å². The molecule has 3 rings (SSSR count). The zero-order valence-corrected chi connectivity index (χ0v) is 16.8. The molecular formula is C22H23FO8. The van der Waals surface area contributed by atoms with Crippen LogP contribution < -0.4 is 0 Å². The smallest absolute Gasteiger partial charge is 0.431 e. The number of benzene rings is 2. The van der Waals surface area contributed by atoms with Gasteiger partial charge in [-0.15, -0.1) is 0 Å². The Morgan fingerprint density at radius 1 is 0.871 bits per heavy atom. The van der Waals surface area contributed by atoms with Crippen molar-refractivity contribution in [3.05, 3.63) is 71.8 Å². The third-order valence-electron chi connectivity index (χ3n) is 4.48. The van der Waals surface area contributed by atoms with Crippen LogP contribution in [0.15, 0.2) is 60.7 Å². The first-order valence-electron chi connectivity index (χ1n) is 9.60. The molecule has 0 radical (unpaired) electrons. The van der Waals surface area contributed by atoms with Gasteiger partial charge in [-0.05, 0) is 11.1 Å². The highest BCUT2D eigenvalue weighted by Crippen LogP contribution is 2.28. The van der Waals surface area contributed by atoms with Crippen LogP contribution in [-0.4, -0.2) is 50.7 Å². The van der Waals surface area contributed by atoms with Gasteiger partial charge in [0.05, 0.1) is 0 Å². The summed E-state index contributed by atoms with van der Waals surface area (Å²) in [6.45, 7) is -0.418. The summed E-state index contributed by atoms with van der Waals surface area (Å²) >= 11 is 0. The summed E-state index contributed by atoms with van der Waals surface area (Å²) in [6.07, 6.45) is -7.57. The topological polar surface area (TPSA) is 89.5 Å². The zero-order chi connectivity index (χ0) is 22.1. The van der Waals surface area contributed by atoms with E-state index in [1.165, 1.54) is 7.11 Å². The Morgan fingerprint density at radius 2 is 1.42 bits per heavy atom. The Morgan fingerprint density at radius 3 is 1.97 bits per heavy atom. The number of halogens is 1. The van der Waals surface area contributed by atoms with Crippen molar-refractivity contribution in [2.24, 2.45) is 0 Å². The summed E-state index contributed by atoms with van der Waals surface area (Å²) < 4.78 is 44.9. The predicted octanol–water partition coefficient (Wildman–Crippen LogP) is 3.77. The lowest BCUT2D eigenvalue weighted by molar-refractivity contribution is -0.143. The molecule has 4 atom stereocenters. The average molecular weight is 434 g/mol. The number of carbonyl (C=O) groups excluding carboxylic acids is 2. The lowest BCUT2D eigenvalue weighted by Crippen LogP contribution is -2.37. The van der Waals surface area contributed by atoms with E-state index >= 15 is 0 Å². The molecule has 0 spiro atoms. The van der Waals surface area contributed by atoms with Gasteiger partial charge in [0.25, 0.3) is 0 Å². The van der Waals surface area contributed by atoms with Crippen LogP contribution in [0.25, 0.3) is 0 Å². The minimum absolute atomic E-state index is 0.0172. The van der Waals surface area contributed by atoms with Gasteiger partial charge in [-0.2, -0.15) is 0 Å². The highest BCUT2D eigenvalue weighted by atomic mass is 19.1. The van der Waals surface area contributed by atoms with Gasteiger partial charge in [-0.1, -0.05) is 60.7 Å². The van der Waals surface area contributed by atoms with Crippen molar-refractivity contribution >= 4 is 12.3 Å². The fourth-order valence-electron chi connectivity index (χ4n) is 2.92. The highest BCUT2D eigenvalue weighted by Gasteiger charge is 2.49. The van der Waals surface area contributed by atoms with Crippen molar-refractivity contribution in [1.82, 2.24) is 0 Å². The third-order valence-corrected chi connectivity index (χ3v) is 4.48. The standard InChI is InChI=1S/C22H23FO8/c1-26-20-18(23)19(31-22(25)28-13-16-10-6-3-7-11-16)17(30-20)14-29-21(24)27-12-15-8-4-2-5-9-15/h2-11,17-20H,12-14H2,1H3/t17-,18+,19-,20?/m1/s1. The van der Waals surface area contributed by atoms with Crippen LogP contribution in [0.3, 0.4) is 0 Å². The summed E-state index contributed by atoms with van der Waals surface area (Å²) in [6, 6.07) is 18.0. The molecule has 2 aromatic carbocycles. The van der Waals surface area contributed by atoms with E-state index in [2.05, 4.69) is 0 Å². The molecule has 1 fully saturated rings. The molecule has 2 aromatic rings. The van der Waals surface area contributed by atoms with E-state index in [4.69, 9.17) is 28.4 Å². The first kappa shape index (κ1) is 22.5. The third kappa shape index (κ3) is 6.66. The Kier molecular flexibility index (Phi) is 8.19. The second-order valence-corrected chi connectivity index (χ2v) is 6.67. The molecule has 0 amide bonds. The van der Waals surface area contributed by atoms with Crippen molar-refractivity contribution in [2.45, 2.75) is 37.9 Å². The maximum Gasteiger partial charge on any atom is 0.509 e. The normalized spacial score (nSPS) is 22.5. The lowest BCUT2D eigenvalue weighted by Gasteiger charge is -2.19. The minimum Gasteiger partial charge on any atom is -0.431 e.